The van der Waals surface area contributed by atoms with Crippen LogP contribution < -0.4 is 16.0 Å². The van der Waals surface area contributed by atoms with Crippen LogP contribution in [0, 0.1) is 29.1 Å². The van der Waals surface area contributed by atoms with E-state index in [1.165, 1.54) is 4.90 Å². The molecule has 3 saturated heterocycles. The number of hydrogen-bond acceptors (Lipinski definition) is 5. The maximum absolute atomic E-state index is 15.1. The van der Waals surface area contributed by atoms with Crippen molar-refractivity contribution in [1.82, 2.24) is 15.5 Å². The van der Waals surface area contributed by atoms with Crippen molar-refractivity contribution in [2.45, 2.75) is 82.5 Å². The SMILES string of the molecule is CC(C)C[C@H](Nc1cccc(Cl)c1)C(=O)N1C2CCC(C1C(=O)NC(C#N)CC1CCNC1=O)C(F)(F)C2. The topological polar surface area (TPSA) is 114 Å². The highest BCUT2D eigenvalue weighted by Crippen LogP contribution is 2.49. The number of nitrogens with one attached hydrogen (secondary N) is 3. The van der Waals surface area contributed by atoms with E-state index in [1.807, 2.05) is 19.9 Å². The van der Waals surface area contributed by atoms with Crippen LogP contribution in [0.3, 0.4) is 0 Å². The number of rotatable bonds is 9. The van der Waals surface area contributed by atoms with E-state index >= 15 is 8.78 Å². The summed E-state index contributed by atoms with van der Waals surface area (Å²) < 4.78 is 30.2. The van der Waals surface area contributed by atoms with Gasteiger partial charge in [-0.2, -0.15) is 5.26 Å². The summed E-state index contributed by atoms with van der Waals surface area (Å²) in [6, 6.07) is 4.89. The molecule has 0 radical (unpaired) electrons. The predicted molar refractivity (Wildman–Crippen MR) is 138 cm³/mol. The summed E-state index contributed by atoms with van der Waals surface area (Å²) in [6.45, 7) is 4.40. The average molecular weight is 550 g/mol. The lowest BCUT2D eigenvalue weighted by Crippen LogP contribution is -2.70. The van der Waals surface area contributed by atoms with Gasteiger partial charge < -0.3 is 20.9 Å². The number of hydrogen-bond donors (Lipinski definition) is 3. The van der Waals surface area contributed by atoms with Crippen molar-refractivity contribution in [2.75, 3.05) is 11.9 Å². The number of amides is 3. The van der Waals surface area contributed by atoms with Crippen LogP contribution in [-0.2, 0) is 14.4 Å². The first kappa shape index (κ1) is 28.1. The molecular weight excluding hydrogens is 516 g/mol. The molecule has 5 rings (SSSR count). The Bertz CT molecular complexity index is 1110. The van der Waals surface area contributed by atoms with Gasteiger partial charge in [-0.25, -0.2) is 8.78 Å². The highest BCUT2D eigenvalue weighted by Gasteiger charge is 2.61. The zero-order valence-corrected chi connectivity index (χ0v) is 22.3. The molecule has 1 saturated carbocycles. The van der Waals surface area contributed by atoms with Gasteiger partial charge >= 0.3 is 0 Å². The molecule has 206 valence electrons. The Labute approximate surface area is 226 Å². The van der Waals surface area contributed by atoms with Crippen LogP contribution in [-0.4, -0.2) is 59.3 Å². The number of fused-ring (bicyclic) bond motifs is 3. The Balaban J connectivity index is 1.59. The van der Waals surface area contributed by atoms with Crippen molar-refractivity contribution in [3.05, 3.63) is 29.3 Å². The Hall–Kier alpha value is -2.93. The van der Waals surface area contributed by atoms with Gasteiger partial charge in [0.15, 0.2) is 0 Å². The highest BCUT2D eigenvalue weighted by molar-refractivity contribution is 6.30. The summed E-state index contributed by atoms with van der Waals surface area (Å²) in [7, 11) is 0. The molecule has 38 heavy (non-hydrogen) atoms. The molecule has 3 N–H and O–H groups in total. The van der Waals surface area contributed by atoms with Crippen LogP contribution in [0.15, 0.2) is 24.3 Å². The van der Waals surface area contributed by atoms with Crippen molar-refractivity contribution in [2.24, 2.45) is 17.8 Å². The molecule has 11 heteroatoms. The monoisotopic (exact) mass is 549 g/mol. The number of nitrogens with zero attached hydrogens (tertiary/aromatic N) is 2. The van der Waals surface area contributed by atoms with Crippen LogP contribution in [0.4, 0.5) is 14.5 Å². The zero-order valence-electron chi connectivity index (χ0n) is 21.6. The summed E-state index contributed by atoms with van der Waals surface area (Å²) in [6.07, 6.45) is 1.04. The van der Waals surface area contributed by atoms with Gasteiger partial charge in [-0.05, 0) is 56.2 Å². The van der Waals surface area contributed by atoms with Gasteiger partial charge in [0.25, 0.3) is 5.92 Å². The largest absolute Gasteiger partial charge is 0.374 e. The molecule has 5 unspecified atom stereocenters. The minimum atomic E-state index is -3.11. The molecule has 3 heterocycles. The Morgan fingerprint density at radius 1 is 1.29 bits per heavy atom. The molecule has 0 aromatic heterocycles. The summed E-state index contributed by atoms with van der Waals surface area (Å²) in [4.78, 5) is 40.9. The van der Waals surface area contributed by atoms with E-state index in [0.29, 0.717) is 36.5 Å². The Morgan fingerprint density at radius 2 is 2.05 bits per heavy atom. The van der Waals surface area contributed by atoms with E-state index in [0.717, 1.165) is 0 Å². The quantitative estimate of drug-likeness (QED) is 0.434. The molecule has 4 fully saturated rings. The lowest BCUT2D eigenvalue weighted by molar-refractivity contribution is -0.194. The molecule has 8 nitrogen and oxygen atoms in total. The zero-order chi connectivity index (χ0) is 27.6. The highest BCUT2D eigenvalue weighted by atomic mass is 35.5. The van der Waals surface area contributed by atoms with Gasteiger partial charge in [-0.3, -0.25) is 14.4 Å². The van der Waals surface area contributed by atoms with Crippen molar-refractivity contribution in [3.63, 3.8) is 0 Å². The number of carbonyl (C=O) groups is 3. The first-order valence-corrected chi connectivity index (χ1v) is 13.6. The summed E-state index contributed by atoms with van der Waals surface area (Å²) in [5.74, 6) is -6.18. The third kappa shape index (κ3) is 6.04. The maximum atomic E-state index is 15.1. The van der Waals surface area contributed by atoms with Crippen LogP contribution in [0.25, 0.3) is 0 Å². The Morgan fingerprint density at radius 3 is 2.66 bits per heavy atom. The second-order valence-corrected chi connectivity index (χ2v) is 11.5. The lowest BCUT2D eigenvalue weighted by atomic mass is 9.71. The van der Waals surface area contributed by atoms with E-state index in [2.05, 4.69) is 16.0 Å². The van der Waals surface area contributed by atoms with Gasteiger partial charge in [0.05, 0.1) is 12.0 Å². The van der Waals surface area contributed by atoms with Gasteiger partial charge in [-0.15, -0.1) is 0 Å². The van der Waals surface area contributed by atoms with Crippen LogP contribution >= 0.6 is 11.6 Å². The van der Waals surface area contributed by atoms with Gasteiger partial charge in [-0.1, -0.05) is 31.5 Å². The fourth-order valence-corrected chi connectivity index (χ4v) is 6.22. The van der Waals surface area contributed by atoms with E-state index in [9.17, 15) is 19.6 Å². The minimum Gasteiger partial charge on any atom is -0.374 e. The fraction of sp³-hybridized carbons (Fsp3) is 0.630. The molecular formula is C27H34ClF2N5O3. The smallest absolute Gasteiger partial charge is 0.255 e. The van der Waals surface area contributed by atoms with Crippen molar-refractivity contribution in [1.29, 1.82) is 5.26 Å². The molecule has 3 aliphatic heterocycles. The molecule has 3 amide bonds. The van der Waals surface area contributed by atoms with Crippen molar-refractivity contribution < 1.29 is 23.2 Å². The normalized spacial score (nSPS) is 27.4. The van der Waals surface area contributed by atoms with Gasteiger partial charge in [0.1, 0.15) is 18.1 Å². The maximum Gasteiger partial charge on any atom is 0.255 e. The molecule has 1 aliphatic carbocycles. The number of carbonyl (C=O) groups excluding carboxylic acids is 3. The van der Waals surface area contributed by atoms with E-state index < -0.39 is 60.2 Å². The number of piperidine rings is 2. The number of benzene rings is 1. The third-order valence-corrected chi connectivity index (χ3v) is 8.02. The average Bonchev–Trinajstić information content (AvgIpc) is 3.25. The molecule has 1 aromatic carbocycles. The van der Waals surface area contributed by atoms with Crippen LogP contribution in [0.5, 0.6) is 0 Å². The number of nitriles is 1. The first-order chi connectivity index (χ1) is 18.0. The molecule has 0 spiro atoms. The van der Waals surface area contributed by atoms with E-state index in [-0.39, 0.29) is 24.7 Å². The number of anilines is 1. The number of alkyl halides is 2. The summed E-state index contributed by atoms with van der Waals surface area (Å²) in [5.41, 5.74) is 0.615. The standard InChI is InChI=1S/C27H34ClF2N5O3/c1-15(2)10-22(33-18-5-3-4-17(28)12-18)26(38)35-20-6-7-21(27(29,30)13-20)23(35)25(37)34-19(14-31)11-16-8-9-32-24(16)36/h3-5,12,15-16,19-23,33H,6-11,13H2,1-2H3,(H,32,36)(H,34,37)/t16?,19?,20?,21?,22-,23?/m0/s1. The van der Waals surface area contributed by atoms with Gasteiger partial charge in [0, 0.05) is 35.6 Å². The van der Waals surface area contributed by atoms with E-state index in [1.54, 1.807) is 24.3 Å². The van der Waals surface area contributed by atoms with Crippen molar-refractivity contribution in [3.8, 4) is 6.07 Å². The molecule has 2 bridgehead atoms. The molecule has 4 aliphatic rings. The first-order valence-electron chi connectivity index (χ1n) is 13.2. The van der Waals surface area contributed by atoms with Gasteiger partial charge in [0.2, 0.25) is 17.7 Å². The van der Waals surface area contributed by atoms with Crippen molar-refractivity contribution >= 4 is 35.0 Å². The summed E-state index contributed by atoms with van der Waals surface area (Å²) in [5, 5.41) is 18.6. The lowest BCUT2D eigenvalue weighted by Gasteiger charge is -2.54. The number of halogens is 3. The second kappa shape index (κ2) is 11.4. The fourth-order valence-electron chi connectivity index (χ4n) is 6.03. The molecule has 1 aromatic rings. The second-order valence-electron chi connectivity index (χ2n) is 11.0. The predicted octanol–water partition coefficient (Wildman–Crippen LogP) is 3.72. The van der Waals surface area contributed by atoms with Crippen LogP contribution in [0.1, 0.15) is 52.4 Å². The Kier molecular flexibility index (Phi) is 8.46. The van der Waals surface area contributed by atoms with Crippen LogP contribution in [0.2, 0.25) is 5.02 Å². The molecule has 6 atom stereocenters. The summed E-state index contributed by atoms with van der Waals surface area (Å²) >= 11 is 6.12. The minimum absolute atomic E-state index is 0.0888. The van der Waals surface area contributed by atoms with E-state index in [4.69, 9.17) is 11.6 Å². The third-order valence-electron chi connectivity index (χ3n) is 7.78.